The second kappa shape index (κ2) is 8.98. The highest BCUT2D eigenvalue weighted by molar-refractivity contribution is 5.90. The third-order valence-electron chi connectivity index (χ3n) is 2.48. The molecule has 0 aromatic heterocycles. The monoisotopic (exact) mass is 301 g/mol. The quantitative estimate of drug-likeness (QED) is 0.300. The zero-order valence-corrected chi connectivity index (χ0v) is 11.5. The van der Waals surface area contributed by atoms with E-state index < -0.39 is 22.4 Å². The van der Waals surface area contributed by atoms with Crippen molar-refractivity contribution in [1.82, 2.24) is 0 Å². The lowest BCUT2D eigenvalue weighted by Gasteiger charge is -2.06. The Balaban J connectivity index is 2.39. The fraction of sp³-hybridized carbons (Fsp3) is 0.462. The molecule has 0 aliphatic heterocycles. The van der Waals surface area contributed by atoms with Crippen molar-refractivity contribution in [3.05, 3.63) is 39.7 Å². The van der Waals surface area contributed by atoms with Crippen molar-refractivity contribution in [2.24, 2.45) is 0 Å². The summed E-state index contributed by atoms with van der Waals surface area (Å²) in [6, 6.07) is 2.83. The summed E-state index contributed by atoms with van der Waals surface area (Å²) in [4.78, 5) is 21.3. The zero-order valence-electron chi connectivity index (χ0n) is 11.5. The normalized spacial score (nSPS) is 10.4. The lowest BCUT2D eigenvalue weighted by molar-refractivity contribution is -0.387. The summed E-state index contributed by atoms with van der Waals surface area (Å²) in [6.07, 6.45) is 0.731. The highest BCUT2D eigenvalue weighted by Crippen LogP contribution is 2.18. The summed E-state index contributed by atoms with van der Waals surface area (Å²) in [7, 11) is 1.59. The van der Waals surface area contributed by atoms with Gasteiger partial charge in [0.05, 0.1) is 17.1 Å². The molecule has 21 heavy (non-hydrogen) atoms. The van der Waals surface area contributed by atoms with Crippen LogP contribution in [-0.2, 0) is 14.2 Å². The van der Waals surface area contributed by atoms with Crippen molar-refractivity contribution in [1.29, 1.82) is 0 Å². The van der Waals surface area contributed by atoms with Crippen molar-refractivity contribution in [3.63, 3.8) is 0 Å². The number of methoxy groups -OCH3 is 1. The van der Waals surface area contributed by atoms with E-state index >= 15 is 0 Å². The van der Waals surface area contributed by atoms with E-state index in [0.717, 1.165) is 24.6 Å². The summed E-state index contributed by atoms with van der Waals surface area (Å²) >= 11 is 0. The molecule has 0 aliphatic carbocycles. The molecule has 0 amide bonds. The van der Waals surface area contributed by atoms with Crippen LogP contribution in [0.4, 0.5) is 10.1 Å². The number of rotatable bonds is 9. The van der Waals surface area contributed by atoms with E-state index in [9.17, 15) is 19.3 Å². The van der Waals surface area contributed by atoms with Crippen LogP contribution in [0.25, 0.3) is 0 Å². The van der Waals surface area contributed by atoms with Gasteiger partial charge >= 0.3 is 11.7 Å². The van der Waals surface area contributed by atoms with Crippen LogP contribution in [0.3, 0.4) is 0 Å². The molecule has 0 radical (unpaired) electrons. The number of esters is 1. The molecule has 8 heteroatoms. The number of ether oxygens (including phenoxy) is 3. The van der Waals surface area contributed by atoms with E-state index in [1.54, 1.807) is 7.11 Å². The average molecular weight is 301 g/mol. The summed E-state index contributed by atoms with van der Waals surface area (Å²) < 4.78 is 28.0. The van der Waals surface area contributed by atoms with Crippen molar-refractivity contribution in [2.45, 2.75) is 6.42 Å². The second-order valence-corrected chi connectivity index (χ2v) is 4.02. The Bertz CT molecular complexity index is 494. The standard InChI is InChI=1S/C13H16FNO6/c1-19-5-2-6-20-7-8-21-13(16)10-3-4-11(14)12(9-10)15(17)18/h3-4,9H,2,5-8H2,1H3. The number of nitro benzene ring substituents is 1. The van der Waals surface area contributed by atoms with Crippen LogP contribution >= 0.6 is 0 Å². The van der Waals surface area contributed by atoms with Gasteiger partial charge in [0.25, 0.3) is 0 Å². The van der Waals surface area contributed by atoms with Gasteiger partial charge < -0.3 is 14.2 Å². The molecule has 1 aromatic rings. The Labute approximate surface area is 120 Å². The number of carbonyl (C=O) groups is 1. The van der Waals surface area contributed by atoms with Gasteiger partial charge in [0, 0.05) is 26.4 Å². The first-order valence-corrected chi connectivity index (χ1v) is 6.24. The lowest BCUT2D eigenvalue weighted by atomic mass is 10.2. The van der Waals surface area contributed by atoms with Crippen LogP contribution in [0.5, 0.6) is 0 Å². The maximum atomic E-state index is 13.1. The van der Waals surface area contributed by atoms with Gasteiger partial charge in [-0.25, -0.2) is 4.79 Å². The first-order chi connectivity index (χ1) is 10.1. The minimum Gasteiger partial charge on any atom is -0.460 e. The van der Waals surface area contributed by atoms with Crippen LogP contribution in [0.1, 0.15) is 16.8 Å². The molecule has 1 rings (SSSR count). The van der Waals surface area contributed by atoms with Crippen molar-refractivity contribution >= 4 is 11.7 Å². The van der Waals surface area contributed by atoms with Crippen LogP contribution in [0, 0.1) is 15.9 Å². The topological polar surface area (TPSA) is 87.9 Å². The van der Waals surface area contributed by atoms with Gasteiger partial charge in [-0.05, 0) is 18.6 Å². The van der Waals surface area contributed by atoms with Gasteiger partial charge in [-0.2, -0.15) is 4.39 Å². The number of benzene rings is 1. The molecular weight excluding hydrogens is 285 g/mol. The SMILES string of the molecule is COCCCOCCOC(=O)c1ccc(F)c([N+](=O)[O-])c1. The molecule has 0 saturated carbocycles. The Morgan fingerprint density at radius 1 is 1.29 bits per heavy atom. The maximum absolute atomic E-state index is 13.1. The minimum absolute atomic E-state index is 0.0109. The van der Waals surface area contributed by atoms with Crippen LogP contribution in [0.2, 0.25) is 0 Å². The van der Waals surface area contributed by atoms with Crippen LogP contribution < -0.4 is 0 Å². The second-order valence-electron chi connectivity index (χ2n) is 4.02. The van der Waals surface area contributed by atoms with Gasteiger partial charge in [0.2, 0.25) is 5.82 Å². The Hall–Kier alpha value is -2.06. The molecule has 0 bridgehead atoms. The van der Waals surface area contributed by atoms with Gasteiger partial charge in [-0.15, -0.1) is 0 Å². The molecule has 0 fully saturated rings. The lowest BCUT2D eigenvalue weighted by Crippen LogP contribution is -2.12. The fourth-order valence-corrected chi connectivity index (χ4v) is 1.46. The third kappa shape index (κ3) is 5.84. The summed E-state index contributed by atoms with van der Waals surface area (Å²) in [5, 5.41) is 10.6. The van der Waals surface area contributed by atoms with Crippen molar-refractivity contribution < 1.29 is 28.3 Å². The number of nitro groups is 1. The largest absolute Gasteiger partial charge is 0.460 e. The van der Waals surface area contributed by atoms with Crippen LogP contribution in [-0.4, -0.2) is 44.4 Å². The van der Waals surface area contributed by atoms with Gasteiger partial charge in [-0.3, -0.25) is 10.1 Å². The molecule has 0 N–H and O–H groups in total. The Morgan fingerprint density at radius 2 is 2.05 bits per heavy atom. The fourth-order valence-electron chi connectivity index (χ4n) is 1.46. The highest BCUT2D eigenvalue weighted by atomic mass is 19.1. The summed E-state index contributed by atoms with van der Waals surface area (Å²) in [5.74, 6) is -1.77. The number of hydrogen-bond acceptors (Lipinski definition) is 6. The molecule has 0 unspecified atom stereocenters. The molecule has 0 spiro atoms. The summed E-state index contributed by atoms with van der Waals surface area (Å²) in [6.45, 7) is 1.28. The molecule has 7 nitrogen and oxygen atoms in total. The van der Waals surface area contributed by atoms with Gasteiger partial charge in [0.15, 0.2) is 0 Å². The molecule has 0 atom stereocenters. The maximum Gasteiger partial charge on any atom is 0.338 e. The van der Waals surface area contributed by atoms with Gasteiger partial charge in [0.1, 0.15) is 6.61 Å². The molecule has 0 heterocycles. The van der Waals surface area contributed by atoms with Gasteiger partial charge in [-0.1, -0.05) is 0 Å². The predicted octanol–water partition coefficient (Wildman–Crippen LogP) is 1.94. The third-order valence-corrected chi connectivity index (χ3v) is 2.48. The number of carbonyl (C=O) groups excluding carboxylic acids is 1. The molecular formula is C13H16FNO6. The van der Waals surface area contributed by atoms with E-state index in [1.807, 2.05) is 0 Å². The van der Waals surface area contributed by atoms with E-state index in [4.69, 9.17) is 14.2 Å². The van der Waals surface area contributed by atoms with E-state index in [1.165, 1.54) is 0 Å². The first-order valence-electron chi connectivity index (χ1n) is 6.24. The minimum atomic E-state index is -1.00. The average Bonchev–Trinajstić information content (AvgIpc) is 2.46. The zero-order chi connectivity index (χ0) is 15.7. The molecule has 116 valence electrons. The smallest absolute Gasteiger partial charge is 0.338 e. The van der Waals surface area contributed by atoms with E-state index in [2.05, 4.69) is 0 Å². The number of nitrogens with zero attached hydrogens (tertiary/aromatic N) is 1. The Morgan fingerprint density at radius 3 is 2.71 bits per heavy atom. The number of hydrogen-bond donors (Lipinski definition) is 0. The predicted molar refractivity (Wildman–Crippen MR) is 70.6 cm³/mol. The Kier molecular flexibility index (Phi) is 7.27. The molecule has 0 aliphatic rings. The van der Waals surface area contributed by atoms with Crippen molar-refractivity contribution in [3.8, 4) is 0 Å². The summed E-state index contributed by atoms with van der Waals surface area (Å²) in [5.41, 5.74) is -0.845. The number of halogens is 1. The van der Waals surface area contributed by atoms with E-state index in [0.29, 0.717) is 13.2 Å². The molecule has 1 aromatic carbocycles. The first kappa shape index (κ1) is 17.0. The van der Waals surface area contributed by atoms with E-state index in [-0.39, 0.29) is 18.8 Å². The van der Waals surface area contributed by atoms with Crippen LogP contribution in [0.15, 0.2) is 18.2 Å². The van der Waals surface area contributed by atoms with Crippen molar-refractivity contribution in [2.75, 3.05) is 33.5 Å². The molecule has 0 saturated heterocycles. The highest BCUT2D eigenvalue weighted by Gasteiger charge is 2.18.